The van der Waals surface area contributed by atoms with Crippen LogP contribution in [0.5, 0.6) is 0 Å². The molecule has 1 aliphatic heterocycles. The molecule has 1 heterocycles. The van der Waals surface area contributed by atoms with Gasteiger partial charge in [0.1, 0.15) is 5.69 Å². The molecule has 0 bridgehead atoms. The van der Waals surface area contributed by atoms with Crippen LogP contribution >= 0.6 is 0 Å². The van der Waals surface area contributed by atoms with E-state index in [1.54, 1.807) is 12.1 Å². The zero-order valence-corrected chi connectivity index (χ0v) is 10.2. The van der Waals surface area contributed by atoms with Crippen molar-refractivity contribution in [3.63, 3.8) is 0 Å². The van der Waals surface area contributed by atoms with Crippen LogP contribution in [0.15, 0.2) is 29.4 Å². The molecule has 0 aliphatic carbocycles. The fourth-order valence-electron chi connectivity index (χ4n) is 1.75. The number of rotatable bonds is 3. The standard InChI is InChI=1S/C12H13N3O3/c1-8(2)9-7-12(16)14(13-9)10-5-3-4-6-11(10)15(17)18/h3-6,8H,7H2,1-2H3. The van der Waals surface area contributed by atoms with Crippen LogP contribution in [-0.4, -0.2) is 16.5 Å². The summed E-state index contributed by atoms with van der Waals surface area (Å²) in [5.41, 5.74) is 0.862. The Kier molecular flexibility index (Phi) is 3.10. The molecule has 0 saturated carbocycles. The minimum absolute atomic E-state index is 0.111. The molecule has 0 fully saturated rings. The van der Waals surface area contributed by atoms with Gasteiger partial charge in [0, 0.05) is 6.07 Å². The van der Waals surface area contributed by atoms with E-state index in [4.69, 9.17) is 0 Å². The number of carbonyl (C=O) groups is 1. The number of hydrogen-bond donors (Lipinski definition) is 0. The van der Waals surface area contributed by atoms with Crippen molar-refractivity contribution in [2.24, 2.45) is 11.0 Å². The highest BCUT2D eigenvalue weighted by Crippen LogP contribution is 2.31. The monoisotopic (exact) mass is 247 g/mol. The highest BCUT2D eigenvalue weighted by Gasteiger charge is 2.30. The number of nitro groups is 1. The van der Waals surface area contributed by atoms with Crippen LogP contribution in [0.2, 0.25) is 0 Å². The van der Waals surface area contributed by atoms with Crippen molar-refractivity contribution in [2.75, 3.05) is 5.01 Å². The molecule has 18 heavy (non-hydrogen) atoms. The third-order valence-corrected chi connectivity index (χ3v) is 2.77. The summed E-state index contributed by atoms with van der Waals surface area (Å²) in [5.74, 6) is -0.0743. The summed E-state index contributed by atoms with van der Waals surface area (Å²) in [6, 6.07) is 6.11. The molecule has 1 aliphatic rings. The van der Waals surface area contributed by atoms with E-state index in [1.807, 2.05) is 13.8 Å². The number of hydrogen-bond acceptors (Lipinski definition) is 4. The molecule has 6 nitrogen and oxygen atoms in total. The molecule has 0 N–H and O–H groups in total. The predicted octanol–water partition coefficient (Wildman–Crippen LogP) is 2.34. The lowest BCUT2D eigenvalue weighted by molar-refractivity contribution is -0.384. The van der Waals surface area contributed by atoms with E-state index in [2.05, 4.69) is 5.10 Å². The molecule has 1 aromatic carbocycles. The van der Waals surface area contributed by atoms with E-state index in [-0.39, 0.29) is 29.6 Å². The SMILES string of the molecule is CC(C)C1=NN(c2ccccc2[N+](=O)[O-])C(=O)C1. The summed E-state index contributed by atoms with van der Waals surface area (Å²) in [6.07, 6.45) is 0.226. The van der Waals surface area contributed by atoms with Crippen LogP contribution in [-0.2, 0) is 4.79 Å². The van der Waals surface area contributed by atoms with Gasteiger partial charge in [-0.25, -0.2) is 0 Å². The molecular formula is C12H13N3O3. The second kappa shape index (κ2) is 4.56. The van der Waals surface area contributed by atoms with Crippen LogP contribution in [0.4, 0.5) is 11.4 Å². The Labute approximate surface area is 104 Å². The first-order valence-corrected chi connectivity index (χ1v) is 5.64. The number of amides is 1. The van der Waals surface area contributed by atoms with Gasteiger partial charge in [-0.3, -0.25) is 14.9 Å². The predicted molar refractivity (Wildman–Crippen MR) is 67.5 cm³/mol. The smallest absolute Gasteiger partial charge is 0.272 e. The molecule has 2 rings (SSSR count). The molecule has 0 saturated heterocycles. The number of nitro benzene ring substituents is 1. The summed E-state index contributed by atoms with van der Waals surface area (Å²) in [6.45, 7) is 3.88. The van der Waals surface area contributed by atoms with Gasteiger partial charge in [0.2, 0.25) is 0 Å². The number of benzene rings is 1. The summed E-state index contributed by atoms with van der Waals surface area (Å²) < 4.78 is 0. The Morgan fingerprint density at radius 3 is 2.61 bits per heavy atom. The second-order valence-electron chi connectivity index (χ2n) is 4.37. The highest BCUT2D eigenvalue weighted by atomic mass is 16.6. The summed E-state index contributed by atoms with van der Waals surface area (Å²) in [5, 5.41) is 16.2. The molecule has 0 spiro atoms. The van der Waals surface area contributed by atoms with E-state index in [1.165, 1.54) is 12.1 Å². The first kappa shape index (κ1) is 12.2. The zero-order chi connectivity index (χ0) is 13.3. The third-order valence-electron chi connectivity index (χ3n) is 2.77. The van der Waals surface area contributed by atoms with E-state index < -0.39 is 4.92 Å². The normalized spacial score (nSPS) is 15.2. The Morgan fingerprint density at radius 1 is 1.39 bits per heavy atom. The Hall–Kier alpha value is -2.24. The van der Waals surface area contributed by atoms with Crippen molar-refractivity contribution in [1.29, 1.82) is 0 Å². The van der Waals surface area contributed by atoms with E-state index in [0.29, 0.717) is 0 Å². The van der Waals surface area contributed by atoms with Crippen LogP contribution < -0.4 is 5.01 Å². The van der Waals surface area contributed by atoms with Gasteiger partial charge >= 0.3 is 0 Å². The maximum Gasteiger partial charge on any atom is 0.295 e. The minimum atomic E-state index is -0.508. The van der Waals surface area contributed by atoms with Crippen molar-refractivity contribution >= 4 is 23.0 Å². The van der Waals surface area contributed by atoms with Gasteiger partial charge in [-0.1, -0.05) is 26.0 Å². The maximum absolute atomic E-state index is 11.9. The minimum Gasteiger partial charge on any atom is -0.272 e. The topological polar surface area (TPSA) is 75.8 Å². The van der Waals surface area contributed by atoms with Crippen LogP contribution in [0, 0.1) is 16.0 Å². The summed E-state index contributed by atoms with van der Waals surface area (Å²) in [4.78, 5) is 22.3. The van der Waals surface area contributed by atoms with Gasteiger partial charge in [0.05, 0.1) is 17.1 Å². The summed E-state index contributed by atoms with van der Waals surface area (Å²) in [7, 11) is 0. The summed E-state index contributed by atoms with van der Waals surface area (Å²) >= 11 is 0. The molecule has 0 aromatic heterocycles. The van der Waals surface area contributed by atoms with Crippen molar-refractivity contribution in [1.82, 2.24) is 0 Å². The molecule has 6 heteroatoms. The Morgan fingerprint density at radius 2 is 2.06 bits per heavy atom. The van der Waals surface area contributed by atoms with Crippen molar-refractivity contribution in [3.8, 4) is 0 Å². The molecule has 0 unspecified atom stereocenters. The van der Waals surface area contributed by atoms with Crippen molar-refractivity contribution in [3.05, 3.63) is 34.4 Å². The van der Waals surface area contributed by atoms with Crippen LogP contribution in [0.3, 0.4) is 0 Å². The number of carbonyl (C=O) groups excluding carboxylic acids is 1. The first-order valence-electron chi connectivity index (χ1n) is 5.64. The number of nitrogens with zero attached hydrogens (tertiary/aromatic N) is 3. The van der Waals surface area contributed by atoms with E-state index >= 15 is 0 Å². The first-order chi connectivity index (χ1) is 8.50. The lowest BCUT2D eigenvalue weighted by Gasteiger charge is -2.11. The molecule has 94 valence electrons. The van der Waals surface area contributed by atoms with E-state index in [0.717, 1.165) is 10.7 Å². The number of hydrazone groups is 1. The molecular weight excluding hydrogens is 234 g/mol. The third kappa shape index (κ3) is 2.09. The van der Waals surface area contributed by atoms with Crippen LogP contribution in [0.25, 0.3) is 0 Å². The van der Waals surface area contributed by atoms with Crippen LogP contribution in [0.1, 0.15) is 20.3 Å². The quantitative estimate of drug-likeness (QED) is 0.607. The average Bonchev–Trinajstić information content (AvgIpc) is 2.71. The van der Waals surface area contributed by atoms with Crippen molar-refractivity contribution in [2.45, 2.75) is 20.3 Å². The Balaban J connectivity index is 2.44. The second-order valence-corrected chi connectivity index (χ2v) is 4.37. The fraction of sp³-hybridized carbons (Fsp3) is 0.333. The number of anilines is 1. The van der Waals surface area contributed by atoms with Gasteiger partial charge in [-0.15, -0.1) is 0 Å². The molecule has 1 amide bonds. The lowest BCUT2D eigenvalue weighted by atomic mass is 10.1. The maximum atomic E-state index is 11.9. The molecule has 1 aromatic rings. The highest BCUT2D eigenvalue weighted by molar-refractivity contribution is 6.14. The van der Waals surface area contributed by atoms with Gasteiger partial charge in [-0.05, 0) is 12.0 Å². The van der Waals surface area contributed by atoms with Gasteiger partial charge < -0.3 is 0 Å². The molecule has 0 atom stereocenters. The van der Waals surface area contributed by atoms with E-state index in [9.17, 15) is 14.9 Å². The van der Waals surface area contributed by atoms with Gasteiger partial charge in [0.15, 0.2) is 0 Å². The van der Waals surface area contributed by atoms with Crippen molar-refractivity contribution < 1.29 is 9.72 Å². The number of para-hydroxylation sites is 2. The van der Waals surface area contributed by atoms with Gasteiger partial charge in [-0.2, -0.15) is 10.1 Å². The lowest BCUT2D eigenvalue weighted by Crippen LogP contribution is -2.20. The Bertz CT molecular complexity index is 537. The molecule has 0 radical (unpaired) electrons. The fourth-order valence-corrected chi connectivity index (χ4v) is 1.75. The average molecular weight is 247 g/mol. The largest absolute Gasteiger partial charge is 0.295 e. The zero-order valence-electron chi connectivity index (χ0n) is 10.2. The van der Waals surface area contributed by atoms with Gasteiger partial charge in [0.25, 0.3) is 11.6 Å².